The number of halogens is 6. The number of alkyl halides is 6. The molecule has 0 aliphatic heterocycles. The first kappa shape index (κ1) is 19.8. The van der Waals surface area contributed by atoms with Crippen LogP contribution in [0.1, 0.15) is 17.4 Å². The van der Waals surface area contributed by atoms with Crippen LogP contribution in [0.25, 0.3) is 0 Å². The summed E-state index contributed by atoms with van der Waals surface area (Å²) in [4.78, 5) is 12.3. The molecule has 1 aromatic carbocycles. The molecule has 0 radical (unpaired) electrons. The molecule has 0 bridgehead atoms. The molecule has 4 nitrogen and oxygen atoms in total. The van der Waals surface area contributed by atoms with E-state index in [2.05, 4.69) is 13.9 Å². The summed E-state index contributed by atoms with van der Waals surface area (Å²) >= 11 is 0. The van der Waals surface area contributed by atoms with E-state index in [4.69, 9.17) is 0 Å². The second-order valence-electron chi connectivity index (χ2n) is 5.09. The van der Waals surface area contributed by atoms with Crippen molar-refractivity contribution in [3.63, 3.8) is 0 Å². The van der Waals surface area contributed by atoms with Crippen molar-refractivity contribution in [2.24, 2.45) is 0 Å². The van der Waals surface area contributed by atoms with Crippen molar-refractivity contribution in [2.45, 2.75) is 24.1 Å². The quantitative estimate of drug-likeness (QED) is 0.563. The van der Waals surface area contributed by atoms with Gasteiger partial charge < -0.3 is 13.9 Å². The fourth-order valence-electron chi connectivity index (χ4n) is 2.30. The van der Waals surface area contributed by atoms with Gasteiger partial charge in [0.2, 0.25) is 0 Å². The van der Waals surface area contributed by atoms with Crippen molar-refractivity contribution in [1.29, 1.82) is 0 Å². The molecule has 0 aliphatic rings. The first-order valence-electron chi connectivity index (χ1n) is 7.02. The van der Waals surface area contributed by atoms with Crippen molar-refractivity contribution in [1.82, 2.24) is 0 Å². The molecule has 2 atom stereocenters. The van der Waals surface area contributed by atoms with Crippen LogP contribution in [-0.4, -0.2) is 25.4 Å². The van der Waals surface area contributed by atoms with E-state index in [1.807, 2.05) is 0 Å². The number of hydrogen-bond acceptors (Lipinski definition) is 4. The number of furan rings is 1. The lowest BCUT2D eigenvalue weighted by Gasteiger charge is -2.33. The fourth-order valence-corrected chi connectivity index (χ4v) is 2.30. The SMILES string of the molecule is COC(C(=O)O[C@@H](c1ccco1)C(F)(F)F)(c1ccccc1)C(F)(F)F. The molecule has 142 valence electrons. The number of rotatable bonds is 5. The highest BCUT2D eigenvalue weighted by molar-refractivity contribution is 5.83. The summed E-state index contributed by atoms with van der Waals surface area (Å²) in [6.45, 7) is 0. The molecule has 0 amide bonds. The molecule has 0 N–H and O–H groups in total. The summed E-state index contributed by atoms with van der Waals surface area (Å²) in [6, 6.07) is 7.42. The zero-order chi connectivity index (χ0) is 19.6. The zero-order valence-electron chi connectivity index (χ0n) is 13.1. The summed E-state index contributed by atoms with van der Waals surface area (Å²) in [5.74, 6) is -3.14. The average molecular weight is 382 g/mol. The van der Waals surface area contributed by atoms with Crippen LogP contribution in [-0.2, 0) is 19.9 Å². The van der Waals surface area contributed by atoms with E-state index in [0.29, 0.717) is 7.11 Å². The molecule has 1 heterocycles. The second-order valence-corrected chi connectivity index (χ2v) is 5.09. The van der Waals surface area contributed by atoms with Gasteiger partial charge in [0.15, 0.2) is 5.76 Å². The highest BCUT2D eigenvalue weighted by Gasteiger charge is 2.65. The van der Waals surface area contributed by atoms with E-state index in [-0.39, 0.29) is 0 Å². The van der Waals surface area contributed by atoms with Crippen LogP contribution in [0, 0.1) is 0 Å². The Morgan fingerprint density at radius 1 is 1.00 bits per heavy atom. The normalized spacial score (nSPS) is 16.0. The minimum absolute atomic E-state index is 0.553. The number of carbonyl (C=O) groups excluding carboxylic acids is 1. The number of esters is 1. The largest absolute Gasteiger partial charge is 0.465 e. The van der Waals surface area contributed by atoms with E-state index < -0.39 is 41.4 Å². The fraction of sp³-hybridized carbons (Fsp3) is 0.312. The van der Waals surface area contributed by atoms with E-state index >= 15 is 0 Å². The van der Waals surface area contributed by atoms with Gasteiger partial charge in [0.05, 0.1) is 6.26 Å². The Morgan fingerprint density at radius 2 is 1.62 bits per heavy atom. The van der Waals surface area contributed by atoms with E-state index in [0.717, 1.165) is 30.5 Å². The van der Waals surface area contributed by atoms with Gasteiger partial charge in [-0.2, -0.15) is 26.3 Å². The molecule has 2 aromatic rings. The average Bonchev–Trinajstić information content (AvgIpc) is 3.06. The summed E-state index contributed by atoms with van der Waals surface area (Å²) in [7, 11) is 0.553. The number of methoxy groups -OCH3 is 1. The maximum Gasteiger partial charge on any atom is 0.432 e. The van der Waals surface area contributed by atoms with Gasteiger partial charge in [0.25, 0.3) is 11.7 Å². The number of ether oxygens (including phenoxy) is 2. The van der Waals surface area contributed by atoms with E-state index in [1.165, 1.54) is 18.2 Å². The van der Waals surface area contributed by atoms with Gasteiger partial charge in [-0.25, -0.2) is 4.79 Å². The molecule has 0 aliphatic carbocycles. The third-order valence-electron chi connectivity index (χ3n) is 3.50. The van der Waals surface area contributed by atoms with Crippen molar-refractivity contribution in [2.75, 3.05) is 7.11 Å². The molecule has 1 unspecified atom stereocenters. The lowest BCUT2D eigenvalue weighted by Crippen LogP contribution is -2.52. The Labute approximate surface area is 143 Å². The first-order chi connectivity index (χ1) is 12.0. The van der Waals surface area contributed by atoms with Crippen LogP contribution in [0.3, 0.4) is 0 Å². The van der Waals surface area contributed by atoms with Gasteiger partial charge in [-0.15, -0.1) is 0 Å². The highest BCUT2D eigenvalue weighted by Crippen LogP contribution is 2.45. The molecule has 0 saturated heterocycles. The predicted molar refractivity (Wildman–Crippen MR) is 74.8 cm³/mol. The summed E-state index contributed by atoms with van der Waals surface area (Å²) in [5.41, 5.74) is -4.45. The Hall–Kier alpha value is -2.49. The van der Waals surface area contributed by atoms with Crippen LogP contribution < -0.4 is 0 Å². The van der Waals surface area contributed by atoms with Gasteiger partial charge in [0, 0.05) is 12.7 Å². The van der Waals surface area contributed by atoms with Crippen LogP contribution >= 0.6 is 0 Å². The Balaban J connectivity index is 2.50. The maximum atomic E-state index is 13.7. The predicted octanol–water partition coefficient (Wildman–Crippen LogP) is 4.53. The smallest absolute Gasteiger partial charge is 0.432 e. The summed E-state index contributed by atoms with van der Waals surface area (Å²) < 4.78 is 93.7. The van der Waals surface area contributed by atoms with E-state index in [9.17, 15) is 31.1 Å². The zero-order valence-corrected chi connectivity index (χ0v) is 13.1. The Kier molecular flexibility index (Phi) is 5.36. The molecule has 26 heavy (non-hydrogen) atoms. The van der Waals surface area contributed by atoms with Gasteiger partial charge in [-0.1, -0.05) is 30.3 Å². The van der Waals surface area contributed by atoms with Gasteiger partial charge in [0.1, 0.15) is 0 Å². The maximum absolute atomic E-state index is 13.7. The second kappa shape index (κ2) is 7.02. The van der Waals surface area contributed by atoms with Crippen molar-refractivity contribution in [3.8, 4) is 0 Å². The molecular weight excluding hydrogens is 370 g/mol. The molecule has 0 fully saturated rings. The Morgan fingerprint density at radius 3 is 2.04 bits per heavy atom. The van der Waals surface area contributed by atoms with Crippen molar-refractivity contribution in [3.05, 3.63) is 60.1 Å². The molecule has 0 spiro atoms. The van der Waals surface area contributed by atoms with Crippen molar-refractivity contribution >= 4 is 5.97 Å². The standard InChI is InChI=1S/C16H12F6O4/c1-24-14(16(20,21)22,10-6-3-2-4-7-10)13(23)26-12(15(17,18)19)11-8-5-9-25-11/h2-9,12H,1H3/t12-,14?/m0/s1. The number of benzene rings is 1. The molecule has 0 saturated carbocycles. The third-order valence-corrected chi connectivity index (χ3v) is 3.50. The number of carbonyl (C=O) groups is 1. The summed E-state index contributed by atoms with van der Waals surface area (Å²) in [5, 5.41) is 0. The van der Waals surface area contributed by atoms with Crippen molar-refractivity contribution < 1.29 is 45.0 Å². The lowest BCUT2D eigenvalue weighted by molar-refractivity contribution is -0.290. The minimum Gasteiger partial charge on any atom is -0.465 e. The Bertz CT molecular complexity index is 723. The molecule has 1 aromatic heterocycles. The lowest BCUT2D eigenvalue weighted by atomic mass is 9.92. The van der Waals surface area contributed by atoms with Gasteiger partial charge in [-0.3, -0.25) is 0 Å². The summed E-state index contributed by atoms with van der Waals surface area (Å²) in [6.07, 6.45) is -12.7. The van der Waals surface area contributed by atoms with Gasteiger partial charge in [-0.05, 0) is 12.1 Å². The molecule has 10 heteroatoms. The highest BCUT2D eigenvalue weighted by atomic mass is 19.4. The molecule has 2 rings (SSSR count). The van der Waals surface area contributed by atoms with Crippen LogP contribution in [0.2, 0.25) is 0 Å². The third kappa shape index (κ3) is 3.55. The van der Waals surface area contributed by atoms with Crippen LogP contribution in [0.5, 0.6) is 0 Å². The van der Waals surface area contributed by atoms with Gasteiger partial charge >= 0.3 is 18.3 Å². The first-order valence-corrected chi connectivity index (χ1v) is 7.02. The van der Waals surface area contributed by atoms with Crippen LogP contribution in [0.15, 0.2) is 53.1 Å². The topological polar surface area (TPSA) is 48.7 Å². The molecular formula is C16H12F6O4. The number of hydrogen-bond donors (Lipinski definition) is 0. The van der Waals surface area contributed by atoms with E-state index in [1.54, 1.807) is 0 Å². The van der Waals surface area contributed by atoms with Crippen LogP contribution in [0.4, 0.5) is 26.3 Å². The monoisotopic (exact) mass is 382 g/mol. The minimum atomic E-state index is -5.39.